The molecule has 1 N–H and O–H groups in total. The summed E-state index contributed by atoms with van der Waals surface area (Å²) in [5, 5.41) is 6.25. The molecule has 130 valence electrons. The summed E-state index contributed by atoms with van der Waals surface area (Å²) in [6, 6.07) is 1.02. The number of likely N-dealkylation sites (tertiary alicyclic amines) is 1. The highest BCUT2D eigenvalue weighted by Gasteiger charge is 2.26. The Morgan fingerprint density at radius 1 is 0.818 bits per heavy atom. The molecule has 2 atom stereocenters. The summed E-state index contributed by atoms with van der Waals surface area (Å²) in [6.07, 6.45) is 20.5. The van der Waals surface area contributed by atoms with Crippen LogP contribution in [0.25, 0.3) is 0 Å². The van der Waals surface area contributed by atoms with Crippen molar-refractivity contribution in [3.8, 4) is 0 Å². The number of unbranched alkanes of at least 4 members (excludes halogenated alkanes) is 9. The maximum Gasteiger partial charge on any atom is 0.0876 e. The van der Waals surface area contributed by atoms with Gasteiger partial charge in [-0.3, -0.25) is 0 Å². The van der Waals surface area contributed by atoms with Crippen molar-refractivity contribution in [2.45, 2.75) is 110 Å². The van der Waals surface area contributed by atoms with Gasteiger partial charge in [0, 0.05) is 12.8 Å². The zero-order valence-electron chi connectivity index (χ0n) is 15.3. The smallest absolute Gasteiger partial charge is 0.0876 e. The fourth-order valence-corrected chi connectivity index (χ4v) is 3.77. The average molecular weight is 309 g/mol. The van der Waals surface area contributed by atoms with E-state index < -0.39 is 0 Å². The average Bonchev–Trinajstić information content (AvgIpc) is 3.00. The molecule has 1 aliphatic rings. The number of rotatable bonds is 13. The first kappa shape index (κ1) is 21.4. The molecule has 0 aromatic rings. The van der Waals surface area contributed by atoms with E-state index in [1.165, 1.54) is 103 Å². The Bertz CT molecular complexity index is 237. The molecule has 0 aromatic heterocycles. The molecule has 0 amide bonds. The van der Waals surface area contributed by atoms with Crippen LogP contribution in [0.3, 0.4) is 0 Å². The van der Waals surface area contributed by atoms with Crippen LogP contribution in [0.15, 0.2) is 0 Å². The minimum Gasteiger partial charge on any atom is -0.512 e. The second-order valence-electron chi connectivity index (χ2n) is 6.97. The molecule has 0 aromatic carbocycles. The van der Waals surface area contributed by atoms with Gasteiger partial charge < -0.3 is 16.7 Å². The van der Waals surface area contributed by atoms with Crippen LogP contribution in [0.2, 0.25) is 0 Å². The van der Waals surface area contributed by atoms with E-state index >= 15 is 0 Å². The van der Waals surface area contributed by atoms with Gasteiger partial charge in [-0.15, -0.1) is 0 Å². The lowest BCUT2D eigenvalue weighted by Gasteiger charge is -2.21. The third kappa shape index (κ3) is 11.1. The normalized spacial score (nSPS) is 20.5. The van der Waals surface area contributed by atoms with Crippen molar-refractivity contribution >= 4 is 0 Å². The van der Waals surface area contributed by atoms with Crippen LogP contribution in [0.1, 0.15) is 104 Å². The second-order valence-corrected chi connectivity index (χ2v) is 6.97. The molecule has 1 fully saturated rings. The highest BCUT2D eigenvalue weighted by atomic mass is 15.2. The third-order valence-electron chi connectivity index (χ3n) is 5.14. The third-order valence-corrected chi connectivity index (χ3v) is 5.14. The van der Waals surface area contributed by atoms with E-state index in [0.29, 0.717) is 0 Å². The molecule has 22 heavy (non-hydrogen) atoms. The lowest BCUT2D eigenvalue weighted by molar-refractivity contribution is -0.912. The monoisotopic (exact) mass is 308 g/mol. The van der Waals surface area contributed by atoms with Crippen molar-refractivity contribution in [2.24, 2.45) is 0 Å². The fraction of sp³-hybridized carbons (Fsp3) is 0.950. The summed E-state index contributed by atoms with van der Waals surface area (Å²) in [4.78, 5) is 1.95. The van der Waals surface area contributed by atoms with Gasteiger partial charge in [-0.2, -0.15) is 0 Å². The summed E-state index contributed by atoms with van der Waals surface area (Å²) in [6.45, 7) is 12.3. The molecule has 1 saturated heterocycles. The van der Waals surface area contributed by atoms with Gasteiger partial charge in [0.1, 0.15) is 0 Å². The van der Waals surface area contributed by atoms with Crippen LogP contribution in [0.5, 0.6) is 0 Å². The molecular formula is C20H40N2. The summed E-state index contributed by atoms with van der Waals surface area (Å²) in [5.41, 5.74) is 0. The Morgan fingerprint density at radius 2 is 1.36 bits per heavy atom. The van der Waals surface area contributed by atoms with Crippen LogP contribution in [0, 0.1) is 11.8 Å². The van der Waals surface area contributed by atoms with Crippen molar-refractivity contribution in [3.05, 3.63) is 6.57 Å². The predicted molar refractivity (Wildman–Crippen MR) is 95.4 cm³/mol. The summed E-state index contributed by atoms with van der Waals surface area (Å²) < 4.78 is 0. The van der Waals surface area contributed by atoms with E-state index in [9.17, 15) is 0 Å². The zero-order valence-corrected chi connectivity index (χ0v) is 15.3. The lowest BCUT2D eigenvalue weighted by Crippen LogP contribution is -3.13. The molecule has 1 aliphatic heterocycles. The number of hydrogen-bond donors (Lipinski definition) is 1. The Morgan fingerprint density at radius 3 is 1.95 bits per heavy atom. The van der Waals surface area contributed by atoms with Gasteiger partial charge in [0.2, 0.25) is 0 Å². The van der Waals surface area contributed by atoms with Gasteiger partial charge >= 0.3 is 0 Å². The van der Waals surface area contributed by atoms with Crippen molar-refractivity contribution in [1.82, 2.24) is 0 Å². The topological polar surface area (TPSA) is 28.2 Å². The Hall–Kier alpha value is -0.550. The molecule has 0 radical (unpaired) electrons. The van der Waals surface area contributed by atoms with Crippen LogP contribution < -0.4 is 4.90 Å². The first-order valence-electron chi connectivity index (χ1n) is 9.95. The minimum absolute atomic E-state index is 1.02. The van der Waals surface area contributed by atoms with E-state index in [2.05, 4.69) is 13.8 Å². The molecule has 2 unspecified atom stereocenters. The summed E-state index contributed by atoms with van der Waals surface area (Å²) >= 11 is 0. The molecular weight excluding hydrogens is 268 g/mol. The van der Waals surface area contributed by atoms with E-state index in [4.69, 9.17) is 11.8 Å². The largest absolute Gasteiger partial charge is 0.512 e. The summed E-state index contributed by atoms with van der Waals surface area (Å²) in [5.74, 6) is 0. The standard InChI is InChI=1S/C19H39N.CN/c1-3-5-7-8-9-10-11-12-13-17-20-18-14-16-19(20)15-6-4-2;1-2/h19H,3-18H2,1-2H3;/q;-1/p+1. The number of quaternary nitrogens is 1. The molecule has 1 heterocycles. The van der Waals surface area contributed by atoms with Crippen LogP contribution >= 0.6 is 0 Å². The van der Waals surface area contributed by atoms with Gasteiger partial charge in [0.25, 0.3) is 0 Å². The molecule has 2 nitrogen and oxygen atoms in total. The van der Waals surface area contributed by atoms with Crippen molar-refractivity contribution in [1.29, 1.82) is 5.26 Å². The molecule has 0 saturated carbocycles. The zero-order chi connectivity index (χ0) is 16.5. The number of hydrogen-bond acceptors (Lipinski definition) is 1. The van der Waals surface area contributed by atoms with E-state index in [0.717, 1.165) is 6.04 Å². The number of nitrogens with zero attached hydrogens (tertiary/aromatic N) is 1. The lowest BCUT2D eigenvalue weighted by atomic mass is 10.1. The van der Waals surface area contributed by atoms with Gasteiger partial charge in [-0.1, -0.05) is 65.2 Å². The molecule has 0 spiro atoms. The minimum atomic E-state index is 1.02. The van der Waals surface area contributed by atoms with Gasteiger partial charge in [0.15, 0.2) is 0 Å². The first-order valence-corrected chi connectivity index (χ1v) is 9.95. The van der Waals surface area contributed by atoms with Crippen molar-refractivity contribution < 1.29 is 4.90 Å². The van der Waals surface area contributed by atoms with E-state index in [-0.39, 0.29) is 0 Å². The highest BCUT2D eigenvalue weighted by molar-refractivity contribution is 4.62. The van der Waals surface area contributed by atoms with E-state index in [1.54, 1.807) is 0 Å². The molecule has 0 bridgehead atoms. The second kappa shape index (κ2) is 16.8. The SMILES string of the molecule is CCCCCCCCCCC[NH+]1CCCC1CCCC.[C-]#N. The van der Waals surface area contributed by atoms with Gasteiger partial charge in [0.05, 0.1) is 19.1 Å². The maximum absolute atomic E-state index is 6.25. The van der Waals surface area contributed by atoms with Crippen molar-refractivity contribution in [3.63, 3.8) is 0 Å². The van der Waals surface area contributed by atoms with Crippen LogP contribution in [-0.2, 0) is 0 Å². The Balaban J connectivity index is 0.00000211. The fourth-order valence-electron chi connectivity index (χ4n) is 3.77. The maximum atomic E-state index is 6.25. The van der Waals surface area contributed by atoms with Crippen LogP contribution in [0.4, 0.5) is 0 Å². The molecule has 2 heteroatoms. The Kier molecular flexibility index (Phi) is 16.4. The van der Waals surface area contributed by atoms with E-state index in [1.807, 2.05) is 4.90 Å². The number of nitrogens with one attached hydrogen (secondary N) is 1. The van der Waals surface area contributed by atoms with Gasteiger partial charge in [-0.05, 0) is 25.7 Å². The van der Waals surface area contributed by atoms with Crippen LogP contribution in [-0.4, -0.2) is 19.1 Å². The van der Waals surface area contributed by atoms with Crippen molar-refractivity contribution in [2.75, 3.05) is 13.1 Å². The summed E-state index contributed by atoms with van der Waals surface area (Å²) in [7, 11) is 0. The Labute approximate surface area is 140 Å². The molecule has 1 rings (SSSR count). The highest BCUT2D eigenvalue weighted by Crippen LogP contribution is 2.10. The predicted octanol–water partition coefficient (Wildman–Crippen LogP) is 4.85. The molecule has 0 aliphatic carbocycles. The quantitative estimate of drug-likeness (QED) is 0.382. The first-order chi connectivity index (χ1) is 10.9. The van der Waals surface area contributed by atoms with Gasteiger partial charge in [-0.25, -0.2) is 0 Å².